The van der Waals surface area contributed by atoms with Crippen molar-refractivity contribution in [2.75, 3.05) is 19.7 Å². The molecular weight excluding hydrogens is 346 g/mol. The first-order valence-electron chi connectivity index (χ1n) is 9.41. The molecule has 1 N–H and O–H groups in total. The maximum absolute atomic E-state index is 12.8. The number of amides is 1. The molecule has 0 radical (unpaired) electrons. The van der Waals surface area contributed by atoms with Crippen LogP contribution in [0, 0.1) is 13.8 Å². The first kappa shape index (κ1) is 17.9. The number of nitrogens with one attached hydrogen (secondary N) is 1. The lowest BCUT2D eigenvalue weighted by Crippen LogP contribution is -2.49. The van der Waals surface area contributed by atoms with Gasteiger partial charge < -0.3 is 9.64 Å². The highest BCUT2D eigenvalue weighted by atomic mass is 16.5. The van der Waals surface area contributed by atoms with Gasteiger partial charge in [0.05, 0.1) is 29.8 Å². The molecule has 1 amide bonds. The monoisotopic (exact) mass is 371 g/mol. The van der Waals surface area contributed by atoms with Crippen LogP contribution in [0.2, 0.25) is 0 Å². The van der Waals surface area contributed by atoms with Crippen LogP contribution in [0.3, 0.4) is 0 Å². The summed E-state index contributed by atoms with van der Waals surface area (Å²) in [6.07, 6.45) is 4.27. The largest absolute Gasteiger partial charge is 0.368 e. The quantitative estimate of drug-likeness (QED) is 0.826. The smallest absolute Gasteiger partial charge is 0.244 e. The molecule has 2 aromatic rings. The highest BCUT2D eigenvalue weighted by Gasteiger charge is 2.43. The molecule has 0 aliphatic carbocycles. The van der Waals surface area contributed by atoms with Crippen molar-refractivity contribution in [1.29, 1.82) is 0 Å². The second-order valence-corrected chi connectivity index (χ2v) is 7.50. The Hall–Kier alpha value is -2.48. The second kappa shape index (κ2) is 6.60. The third-order valence-corrected chi connectivity index (χ3v) is 5.87. The summed E-state index contributed by atoms with van der Waals surface area (Å²) in [7, 11) is 0. The van der Waals surface area contributed by atoms with Crippen LogP contribution in [0.4, 0.5) is 0 Å². The third kappa shape index (κ3) is 2.97. The molecule has 2 aromatic heterocycles. The number of fused-ring (bicyclic) bond motifs is 2. The van der Waals surface area contributed by atoms with Crippen LogP contribution in [0.15, 0.2) is 6.20 Å². The molecule has 27 heavy (non-hydrogen) atoms. The average Bonchev–Trinajstić information content (AvgIpc) is 3.21. The lowest BCUT2D eigenvalue weighted by Gasteiger charge is -2.43. The number of aryl methyl sites for hydroxylation is 1. The number of carbonyl (C=O) groups excluding carboxylic acids is 2. The van der Waals surface area contributed by atoms with Crippen molar-refractivity contribution in [3.63, 3.8) is 0 Å². The minimum atomic E-state index is -0.346. The number of piperidine rings is 1. The number of ether oxygens (including phenoxy) is 1. The maximum atomic E-state index is 12.8. The Balaban J connectivity index is 1.45. The summed E-state index contributed by atoms with van der Waals surface area (Å²) in [5.74, 6) is -0.000354. The van der Waals surface area contributed by atoms with Crippen molar-refractivity contribution in [1.82, 2.24) is 24.9 Å². The maximum Gasteiger partial charge on any atom is 0.244 e. The molecular formula is C19H25N5O3. The molecule has 8 heteroatoms. The number of aromatic nitrogens is 4. The van der Waals surface area contributed by atoms with Gasteiger partial charge in [-0.15, -0.1) is 0 Å². The summed E-state index contributed by atoms with van der Waals surface area (Å²) in [4.78, 5) is 26.4. The van der Waals surface area contributed by atoms with E-state index >= 15 is 0 Å². The lowest BCUT2D eigenvalue weighted by molar-refractivity contribution is -0.142. The Bertz CT molecular complexity index is 889. The molecule has 0 atom stereocenters. The molecule has 0 bridgehead atoms. The Labute approximate surface area is 157 Å². The Morgan fingerprint density at radius 3 is 2.70 bits per heavy atom. The fourth-order valence-electron chi connectivity index (χ4n) is 4.42. The number of rotatable bonds is 3. The van der Waals surface area contributed by atoms with E-state index in [1.54, 1.807) is 11.6 Å². The molecule has 2 aliphatic heterocycles. The van der Waals surface area contributed by atoms with Crippen LogP contribution >= 0.6 is 0 Å². The standard InChI is InChI=1S/C19H25N5O3/c1-12-17(14(3)25)13(2)24(22-12)11-16(26)23-7-5-19(6-8-23)18-15(4-9-27-19)10-20-21-18/h10H,4-9,11H2,1-3H3,(H,20,21). The van der Waals surface area contributed by atoms with Crippen LogP contribution < -0.4 is 0 Å². The van der Waals surface area contributed by atoms with E-state index < -0.39 is 0 Å². The predicted octanol–water partition coefficient (Wildman–Crippen LogP) is 1.52. The Morgan fingerprint density at radius 2 is 2.04 bits per heavy atom. The van der Waals surface area contributed by atoms with Gasteiger partial charge in [-0.2, -0.15) is 10.2 Å². The van der Waals surface area contributed by atoms with E-state index in [1.165, 1.54) is 12.5 Å². The lowest BCUT2D eigenvalue weighted by atomic mass is 9.84. The number of carbonyl (C=O) groups is 2. The Morgan fingerprint density at radius 1 is 1.30 bits per heavy atom. The van der Waals surface area contributed by atoms with Crippen molar-refractivity contribution in [2.24, 2.45) is 0 Å². The van der Waals surface area contributed by atoms with Crippen LogP contribution in [-0.2, 0) is 28.1 Å². The van der Waals surface area contributed by atoms with E-state index in [2.05, 4.69) is 15.3 Å². The van der Waals surface area contributed by atoms with Crippen LogP contribution in [0.1, 0.15) is 52.8 Å². The zero-order valence-corrected chi connectivity index (χ0v) is 16.0. The summed E-state index contributed by atoms with van der Waals surface area (Å²) in [5, 5.41) is 11.7. The summed E-state index contributed by atoms with van der Waals surface area (Å²) >= 11 is 0. The molecule has 4 heterocycles. The van der Waals surface area contributed by atoms with Crippen LogP contribution in [-0.4, -0.2) is 56.3 Å². The zero-order valence-electron chi connectivity index (χ0n) is 16.0. The zero-order chi connectivity index (χ0) is 19.2. The summed E-state index contributed by atoms with van der Waals surface area (Å²) in [6.45, 7) is 7.29. The van der Waals surface area contributed by atoms with E-state index in [-0.39, 0.29) is 23.8 Å². The van der Waals surface area contributed by atoms with Gasteiger partial charge in [-0.05, 0) is 45.6 Å². The number of nitrogens with zero attached hydrogens (tertiary/aromatic N) is 4. The number of aromatic amines is 1. The van der Waals surface area contributed by atoms with Crippen molar-refractivity contribution < 1.29 is 14.3 Å². The molecule has 0 saturated carbocycles. The molecule has 1 fully saturated rings. The van der Waals surface area contributed by atoms with Crippen molar-refractivity contribution in [3.05, 3.63) is 34.4 Å². The SMILES string of the molecule is CC(=O)c1c(C)nn(CC(=O)N2CCC3(CC2)OCCc2cn[nH]c23)c1C. The van der Waals surface area contributed by atoms with Gasteiger partial charge in [-0.25, -0.2) is 0 Å². The van der Waals surface area contributed by atoms with E-state index in [4.69, 9.17) is 4.74 Å². The fraction of sp³-hybridized carbons (Fsp3) is 0.579. The number of ketones is 1. The minimum absolute atomic E-state index is 0.0196. The first-order valence-corrected chi connectivity index (χ1v) is 9.41. The fourth-order valence-corrected chi connectivity index (χ4v) is 4.42. The minimum Gasteiger partial charge on any atom is -0.368 e. The first-order chi connectivity index (χ1) is 12.9. The van der Waals surface area contributed by atoms with Gasteiger partial charge >= 0.3 is 0 Å². The van der Waals surface area contributed by atoms with E-state index in [9.17, 15) is 9.59 Å². The number of Topliss-reactive ketones (excluding diaryl/α,β-unsaturated/α-hetero) is 1. The molecule has 144 valence electrons. The molecule has 1 saturated heterocycles. The van der Waals surface area contributed by atoms with Crippen LogP contribution in [0.25, 0.3) is 0 Å². The summed E-state index contributed by atoms with van der Waals surface area (Å²) in [5.41, 5.74) is 3.99. The van der Waals surface area contributed by atoms with Gasteiger partial charge in [0.15, 0.2) is 5.78 Å². The molecule has 2 aliphatic rings. The van der Waals surface area contributed by atoms with Crippen molar-refractivity contribution in [3.8, 4) is 0 Å². The molecule has 4 rings (SSSR count). The second-order valence-electron chi connectivity index (χ2n) is 7.50. The number of likely N-dealkylation sites (tertiary alicyclic amines) is 1. The Kier molecular flexibility index (Phi) is 4.38. The highest BCUT2D eigenvalue weighted by molar-refractivity contribution is 5.96. The van der Waals surface area contributed by atoms with Gasteiger partial charge in [-0.1, -0.05) is 0 Å². The average molecular weight is 371 g/mol. The van der Waals surface area contributed by atoms with Gasteiger partial charge in [-0.3, -0.25) is 19.4 Å². The van der Waals surface area contributed by atoms with Gasteiger partial charge in [0, 0.05) is 18.8 Å². The molecule has 8 nitrogen and oxygen atoms in total. The number of hydrogen-bond donors (Lipinski definition) is 1. The van der Waals surface area contributed by atoms with Crippen LogP contribution in [0.5, 0.6) is 0 Å². The molecule has 0 unspecified atom stereocenters. The van der Waals surface area contributed by atoms with E-state index in [1.807, 2.05) is 18.0 Å². The molecule has 0 aromatic carbocycles. The number of hydrogen-bond acceptors (Lipinski definition) is 5. The van der Waals surface area contributed by atoms with E-state index in [0.29, 0.717) is 31.0 Å². The van der Waals surface area contributed by atoms with Gasteiger partial charge in [0.2, 0.25) is 5.91 Å². The topological polar surface area (TPSA) is 93.1 Å². The highest BCUT2D eigenvalue weighted by Crippen LogP contribution is 2.40. The predicted molar refractivity (Wildman–Crippen MR) is 97.4 cm³/mol. The summed E-state index contributed by atoms with van der Waals surface area (Å²) < 4.78 is 7.78. The van der Waals surface area contributed by atoms with E-state index in [0.717, 1.165) is 30.7 Å². The number of H-pyrrole nitrogens is 1. The van der Waals surface area contributed by atoms with Gasteiger partial charge in [0.25, 0.3) is 0 Å². The van der Waals surface area contributed by atoms with Gasteiger partial charge in [0.1, 0.15) is 12.1 Å². The van der Waals surface area contributed by atoms with Crippen molar-refractivity contribution in [2.45, 2.75) is 52.2 Å². The molecule has 1 spiro atoms. The third-order valence-electron chi connectivity index (χ3n) is 5.87. The van der Waals surface area contributed by atoms with Crippen molar-refractivity contribution >= 4 is 11.7 Å². The normalized spacial score (nSPS) is 18.6. The summed E-state index contributed by atoms with van der Waals surface area (Å²) in [6, 6.07) is 0.